The lowest BCUT2D eigenvalue weighted by atomic mass is 10.0. The summed E-state index contributed by atoms with van der Waals surface area (Å²) >= 11 is 0. The molecule has 7 heteroatoms. The van der Waals surface area contributed by atoms with Crippen LogP contribution in [0.5, 0.6) is 0 Å². The molecule has 2 atom stereocenters. The Bertz CT molecular complexity index is 588. The summed E-state index contributed by atoms with van der Waals surface area (Å²) in [5.74, 6) is -2.32. The second kappa shape index (κ2) is 7.21. The Balaban J connectivity index is 1.96. The molecular formula is C16H21N3O4. The minimum atomic E-state index is -1.07. The lowest BCUT2D eigenvalue weighted by Gasteiger charge is -2.20. The molecule has 0 saturated carbocycles. The Kier molecular flexibility index (Phi) is 5.31. The van der Waals surface area contributed by atoms with Crippen LogP contribution in [-0.4, -0.2) is 45.4 Å². The first-order valence-corrected chi connectivity index (χ1v) is 7.59. The number of carboxylic acids is 1. The van der Waals surface area contributed by atoms with Crippen LogP contribution in [0.25, 0.3) is 0 Å². The van der Waals surface area contributed by atoms with E-state index in [0.29, 0.717) is 6.54 Å². The van der Waals surface area contributed by atoms with Gasteiger partial charge in [-0.05, 0) is 18.1 Å². The van der Waals surface area contributed by atoms with Crippen molar-refractivity contribution in [1.82, 2.24) is 15.2 Å². The second-order valence-electron chi connectivity index (χ2n) is 6.06. The molecule has 2 N–H and O–H groups in total. The van der Waals surface area contributed by atoms with Gasteiger partial charge >= 0.3 is 5.97 Å². The lowest BCUT2D eigenvalue weighted by Crippen LogP contribution is -2.47. The monoisotopic (exact) mass is 319 g/mol. The summed E-state index contributed by atoms with van der Waals surface area (Å²) in [6.07, 6.45) is 1.75. The molecule has 2 amide bonds. The van der Waals surface area contributed by atoms with Crippen LogP contribution in [0.15, 0.2) is 24.4 Å². The number of aromatic nitrogens is 1. The number of carbonyl (C=O) groups is 3. The van der Waals surface area contributed by atoms with Crippen LogP contribution in [0.4, 0.5) is 0 Å². The molecule has 1 fully saturated rings. The van der Waals surface area contributed by atoms with Crippen LogP contribution in [0, 0.1) is 11.8 Å². The first kappa shape index (κ1) is 16.9. The Morgan fingerprint density at radius 1 is 1.43 bits per heavy atom. The first-order chi connectivity index (χ1) is 10.9. The van der Waals surface area contributed by atoms with Crippen molar-refractivity contribution in [3.8, 4) is 0 Å². The Morgan fingerprint density at radius 3 is 2.74 bits per heavy atom. The average molecular weight is 319 g/mol. The normalized spacial score (nSPS) is 19.0. The van der Waals surface area contributed by atoms with Gasteiger partial charge in [0.25, 0.3) is 0 Å². The maximum absolute atomic E-state index is 12.2. The van der Waals surface area contributed by atoms with E-state index in [1.807, 2.05) is 12.1 Å². The van der Waals surface area contributed by atoms with Crippen molar-refractivity contribution in [3.63, 3.8) is 0 Å². The zero-order chi connectivity index (χ0) is 17.0. The van der Waals surface area contributed by atoms with E-state index >= 15 is 0 Å². The number of pyridine rings is 1. The number of nitrogens with zero attached hydrogens (tertiary/aromatic N) is 2. The molecule has 1 aromatic heterocycles. The van der Waals surface area contributed by atoms with Crippen molar-refractivity contribution in [3.05, 3.63) is 30.1 Å². The number of likely N-dealkylation sites (tertiary alicyclic amines) is 1. The zero-order valence-corrected chi connectivity index (χ0v) is 13.2. The summed E-state index contributed by atoms with van der Waals surface area (Å²) in [6.45, 7) is 4.10. The molecule has 1 unspecified atom stereocenters. The summed E-state index contributed by atoms with van der Waals surface area (Å²) in [5, 5.41) is 11.7. The topological polar surface area (TPSA) is 99.6 Å². The molecular weight excluding hydrogens is 298 g/mol. The van der Waals surface area contributed by atoms with Crippen LogP contribution in [0.2, 0.25) is 0 Å². The minimum absolute atomic E-state index is 0.100. The van der Waals surface area contributed by atoms with Crippen LogP contribution in [0.1, 0.15) is 26.0 Å². The second-order valence-corrected chi connectivity index (χ2v) is 6.06. The largest absolute Gasteiger partial charge is 0.480 e. The highest BCUT2D eigenvalue weighted by molar-refractivity contribution is 5.91. The van der Waals surface area contributed by atoms with E-state index in [0.717, 1.165) is 5.69 Å². The van der Waals surface area contributed by atoms with Gasteiger partial charge in [0, 0.05) is 19.2 Å². The number of hydrogen-bond donors (Lipinski definition) is 2. The predicted octanol–water partition coefficient (Wildman–Crippen LogP) is 0.655. The molecule has 23 heavy (non-hydrogen) atoms. The number of amides is 2. The smallest absolute Gasteiger partial charge is 0.326 e. The van der Waals surface area contributed by atoms with Crippen LogP contribution < -0.4 is 5.32 Å². The van der Waals surface area contributed by atoms with Gasteiger partial charge in [-0.1, -0.05) is 19.9 Å². The van der Waals surface area contributed by atoms with E-state index in [9.17, 15) is 14.4 Å². The van der Waals surface area contributed by atoms with Gasteiger partial charge in [-0.3, -0.25) is 14.6 Å². The molecule has 1 aromatic rings. The van der Waals surface area contributed by atoms with E-state index in [-0.39, 0.29) is 30.7 Å². The molecule has 124 valence electrons. The Hall–Kier alpha value is -2.44. The van der Waals surface area contributed by atoms with E-state index in [1.165, 1.54) is 0 Å². The fourth-order valence-electron chi connectivity index (χ4n) is 2.57. The van der Waals surface area contributed by atoms with Crippen molar-refractivity contribution >= 4 is 17.8 Å². The number of rotatable bonds is 6. The van der Waals surface area contributed by atoms with Crippen LogP contribution >= 0.6 is 0 Å². The number of hydrogen-bond acceptors (Lipinski definition) is 4. The van der Waals surface area contributed by atoms with E-state index in [2.05, 4.69) is 10.3 Å². The maximum atomic E-state index is 12.2. The summed E-state index contributed by atoms with van der Waals surface area (Å²) in [7, 11) is 0. The average Bonchev–Trinajstić information content (AvgIpc) is 2.86. The molecule has 2 rings (SSSR count). The Morgan fingerprint density at radius 2 is 2.17 bits per heavy atom. The van der Waals surface area contributed by atoms with Gasteiger partial charge in [0.2, 0.25) is 11.8 Å². The third-order valence-electron chi connectivity index (χ3n) is 3.89. The van der Waals surface area contributed by atoms with Crippen LogP contribution in [0.3, 0.4) is 0 Å². The van der Waals surface area contributed by atoms with E-state index in [4.69, 9.17) is 5.11 Å². The van der Waals surface area contributed by atoms with Crippen molar-refractivity contribution in [2.45, 2.75) is 32.9 Å². The number of nitrogens with one attached hydrogen (secondary N) is 1. The highest BCUT2D eigenvalue weighted by Gasteiger charge is 2.36. The van der Waals surface area contributed by atoms with Gasteiger partial charge in [0.1, 0.15) is 6.04 Å². The molecule has 0 spiro atoms. The maximum Gasteiger partial charge on any atom is 0.326 e. The summed E-state index contributed by atoms with van der Waals surface area (Å²) in [4.78, 5) is 41.2. The van der Waals surface area contributed by atoms with Crippen LogP contribution in [-0.2, 0) is 20.9 Å². The Labute approximate surface area is 134 Å². The van der Waals surface area contributed by atoms with E-state index in [1.54, 1.807) is 31.0 Å². The molecule has 1 saturated heterocycles. The zero-order valence-electron chi connectivity index (χ0n) is 13.2. The molecule has 1 aliphatic rings. The van der Waals surface area contributed by atoms with Crippen molar-refractivity contribution in [1.29, 1.82) is 0 Å². The predicted molar refractivity (Wildman–Crippen MR) is 82.2 cm³/mol. The van der Waals surface area contributed by atoms with Gasteiger partial charge in [-0.25, -0.2) is 4.79 Å². The highest BCUT2D eigenvalue weighted by Crippen LogP contribution is 2.20. The molecule has 0 bridgehead atoms. The standard InChI is InChI=1S/C16H21N3O4/c1-10(2)14(16(22)23)18-15(21)11-7-13(20)19(8-11)9-12-5-3-4-6-17-12/h3-6,10-11,14H,7-9H2,1-2H3,(H,18,21)(H,22,23)/t11?,14-/m1/s1. The van der Waals surface area contributed by atoms with Gasteiger partial charge in [-0.15, -0.1) is 0 Å². The molecule has 7 nitrogen and oxygen atoms in total. The van der Waals surface area contributed by atoms with Crippen molar-refractivity contribution in [2.24, 2.45) is 11.8 Å². The highest BCUT2D eigenvalue weighted by atomic mass is 16.4. The minimum Gasteiger partial charge on any atom is -0.480 e. The molecule has 0 aromatic carbocycles. The first-order valence-electron chi connectivity index (χ1n) is 7.59. The quantitative estimate of drug-likeness (QED) is 0.802. The lowest BCUT2D eigenvalue weighted by molar-refractivity contribution is -0.143. The third-order valence-corrected chi connectivity index (χ3v) is 3.89. The summed E-state index contributed by atoms with van der Waals surface area (Å²) in [5.41, 5.74) is 0.757. The SMILES string of the molecule is CC(C)[C@@H](NC(=O)C1CC(=O)N(Cc2ccccn2)C1)C(=O)O. The molecule has 1 aliphatic heterocycles. The van der Waals surface area contributed by atoms with Gasteiger partial charge in [0.05, 0.1) is 18.2 Å². The third kappa shape index (κ3) is 4.28. The number of carbonyl (C=O) groups excluding carboxylic acids is 2. The van der Waals surface area contributed by atoms with Crippen molar-refractivity contribution in [2.75, 3.05) is 6.54 Å². The van der Waals surface area contributed by atoms with Gasteiger partial charge in [-0.2, -0.15) is 0 Å². The fourth-order valence-corrected chi connectivity index (χ4v) is 2.57. The fraction of sp³-hybridized carbons (Fsp3) is 0.500. The molecule has 0 radical (unpaired) electrons. The van der Waals surface area contributed by atoms with Crippen molar-refractivity contribution < 1.29 is 19.5 Å². The molecule has 0 aliphatic carbocycles. The summed E-state index contributed by atoms with van der Waals surface area (Å²) < 4.78 is 0. The summed E-state index contributed by atoms with van der Waals surface area (Å²) in [6, 6.07) is 4.51. The number of aliphatic carboxylic acids is 1. The van der Waals surface area contributed by atoms with Gasteiger partial charge in [0.15, 0.2) is 0 Å². The number of carboxylic acid groups (broad SMARTS) is 1. The van der Waals surface area contributed by atoms with Gasteiger partial charge < -0.3 is 15.3 Å². The molecule has 2 heterocycles. The van der Waals surface area contributed by atoms with E-state index < -0.39 is 17.9 Å².